The molecule has 2 aromatic heterocycles. The molecular weight excluding hydrogens is 407 g/mol. The number of thiazole rings is 1. The van der Waals surface area contributed by atoms with Gasteiger partial charge < -0.3 is 19.5 Å². The predicted molar refractivity (Wildman–Crippen MR) is 118 cm³/mol. The summed E-state index contributed by atoms with van der Waals surface area (Å²) in [6.07, 6.45) is 1.02. The zero-order chi connectivity index (χ0) is 20.6. The Morgan fingerprint density at radius 3 is 2.62 bits per heavy atom. The summed E-state index contributed by atoms with van der Waals surface area (Å²) < 4.78 is 17.9. The third kappa shape index (κ3) is 4.14. The Balaban J connectivity index is 1.74. The van der Waals surface area contributed by atoms with Crippen molar-refractivity contribution in [1.82, 2.24) is 4.98 Å². The van der Waals surface area contributed by atoms with Gasteiger partial charge >= 0.3 is 7.60 Å². The maximum Gasteiger partial charge on any atom is 0.391 e. The van der Waals surface area contributed by atoms with Gasteiger partial charge in [-0.3, -0.25) is 4.57 Å². The molecule has 0 aliphatic rings. The normalized spacial score (nSPS) is 13.0. The van der Waals surface area contributed by atoms with Gasteiger partial charge in [0.25, 0.3) is 0 Å². The minimum Gasteiger partial charge on any atom is -0.448 e. The second kappa shape index (κ2) is 7.76. The van der Waals surface area contributed by atoms with Gasteiger partial charge in [-0.05, 0) is 43.2 Å². The van der Waals surface area contributed by atoms with E-state index in [0.717, 1.165) is 38.5 Å². The molecule has 4 aromatic rings. The van der Waals surface area contributed by atoms with Gasteiger partial charge in [-0.1, -0.05) is 48.6 Å². The van der Waals surface area contributed by atoms with Gasteiger partial charge in [-0.15, -0.1) is 0 Å². The lowest BCUT2D eigenvalue weighted by Gasteiger charge is -2.08. The van der Waals surface area contributed by atoms with E-state index in [9.17, 15) is 14.4 Å². The molecule has 0 unspecified atom stereocenters. The zero-order valence-corrected chi connectivity index (χ0v) is 17.7. The van der Waals surface area contributed by atoms with Gasteiger partial charge in [0.05, 0.1) is 10.2 Å². The van der Waals surface area contributed by atoms with E-state index >= 15 is 0 Å². The molecule has 0 aliphatic heterocycles. The molecule has 2 aromatic carbocycles. The van der Waals surface area contributed by atoms with E-state index in [1.165, 1.54) is 6.07 Å². The number of nitrogens with one attached hydrogen (secondary N) is 1. The summed E-state index contributed by atoms with van der Waals surface area (Å²) in [5, 5.41) is 4.33. The Hall–Kier alpha value is -2.44. The highest BCUT2D eigenvalue weighted by Crippen LogP contribution is 2.38. The molecular formula is C21H21N2O4PS. The lowest BCUT2D eigenvalue weighted by molar-refractivity contribution is 0.377. The van der Waals surface area contributed by atoms with Crippen molar-refractivity contribution < 1.29 is 18.8 Å². The van der Waals surface area contributed by atoms with Gasteiger partial charge in [0.2, 0.25) is 5.50 Å². The molecule has 0 bridgehead atoms. The average Bonchev–Trinajstić information content (AvgIpc) is 3.34. The van der Waals surface area contributed by atoms with Crippen LogP contribution in [-0.4, -0.2) is 20.8 Å². The Bertz CT molecular complexity index is 1210. The van der Waals surface area contributed by atoms with Gasteiger partial charge in [0.1, 0.15) is 5.76 Å². The van der Waals surface area contributed by atoms with Crippen molar-refractivity contribution in [2.45, 2.75) is 26.3 Å². The first-order chi connectivity index (χ1) is 13.8. The lowest BCUT2D eigenvalue weighted by Crippen LogP contribution is -2.12. The number of hydrogen-bond acceptors (Lipinski definition) is 5. The minimum absolute atomic E-state index is 0.330. The first kappa shape index (κ1) is 19.9. The summed E-state index contributed by atoms with van der Waals surface area (Å²) in [6.45, 7) is 4.26. The van der Waals surface area contributed by atoms with E-state index in [4.69, 9.17) is 9.40 Å². The summed E-state index contributed by atoms with van der Waals surface area (Å²) >= 11 is 1.62. The van der Waals surface area contributed by atoms with Gasteiger partial charge in [-0.25, -0.2) is 4.98 Å². The van der Waals surface area contributed by atoms with E-state index in [2.05, 4.69) is 25.2 Å². The van der Waals surface area contributed by atoms with E-state index in [0.29, 0.717) is 11.8 Å². The highest BCUT2D eigenvalue weighted by Gasteiger charge is 2.22. The highest BCUT2D eigenvalue weighted by molar-refractivity contribution is 7.59. The Morgan fingerprint density at radius 2 is 1.90 bits per heavy atom. The average molecular weight is 428 g/mol. The maximum atomic E-state index is 11.4. The van der Waals surface area contributed by atoms with Crippen molar-refractivity contribution >= 4 is 39.8 Å². The van der Waals surface area contributed by atoms with Crippen LogP contribution in [0.1, 0.15) is 20.3 Å². The van der Waals surface area contributed by atoms with Gasteiger partial charge in [0, 0.05) is 17.2 Å². The molecule has 29 heavy (non-hydrogen) atoms. The topological polar surface area (TPSA) is 95.6 Å². The van der Waals surface area contributed by atoms with Crippen LogP contribution in [0.2, 0.25) is 0 Å². The number of hydrogen-bond donors (Lipinski definition) is 3. The molecule has 0 saturated heterocycles. The summed E-state index contributed by atoms with van der Waals surface area (Å²) in [5.41, 5.74) is 3.40. The second-order valence-electron chi connectivity index (χ2n) is 6.89. The zero-order valence-electron chi connectivity index (χ0n) is 16.0. The Morgan fingerprint density at radius 1 is 1.14 bits per heavy atom. The van der Waals surface area contributed by atoms with Gasteiger partial charge in [0.15, 0.2) is 5.13 Å². The molecule has 0 fully saturated rings. The molecule has 0 aliphatic carbocycles. The Labute approximate surface area is 172 Å². The van der Waals surface area contributed by atoms with Crippen LogP contribution in [-0.2, 0) is 4.57 Å². The molecule has 4 rings (SSSR count). The molecule has 0 saturated carbocycles. The number of anilines is 1. The first-order valence-corrected chi connectivity index (χ1v) is 11.7. The maximum absolute atomic E-state index is 11.4. The van der Waals surface area contributed by atoms with E-state index in [-0.39, 0.29) is 5.50 Å². The van der Waals surface area contributed by atoms with Crippen LogP contribution in [0.4, 0.5) is 5.13 Å². The van der Waals surface area contributed by atoms with Crippen LogP contribution < -0.4 is 10.8 Å². The van der Waals surface area contributed by atoms with Crippen molar-refractivity contribution in [2.24, 2.45) is 0 Å². The number of furan rings is 1. The smallest absolute Gasteiger partial charge is 0.391 e. The minimum atomic E-state index is -4.41. The fraction of sp³-hybridized carbons (Fsp3) is 0.190. The molecule has 8 heteroatoms. The lowest BCUT2D eigenvalue weighted by atomic mass is 10.0. The number of rotatable bonds is 6. The van der Waals surface area contributed by atoms with Crippen molar-refractivity contribution in [1.29, 1.82) is 0 Å². The quantitative estimate of drug-likeness (QED) is 0.364. The van der Waals surface area contributed by atoms with Gasteiger partial charge in [-0.2, -0.15) is 0 Å². The molecule has 0 spiro atoms. The third-order valence-electron chi connectivity index (χ3n) is 4.73. The summed E-state index contributed by atoms with van der Waals surface area (Å²) in [5.74, 6) is 0.417. The number of benzene rings is 2. The van der Waals surface area contributed by atoms with Crippen molar-refractivity contribution in [2.75, 3.05) is 5.32 Å². The van der Waals surface area contributed by atoms with Crippen LogP contribution >= 0.6 is 18.9 Å². The van der Waals surface area contributed by atoms with Crippen molar-refractivity contribution in [3.8, 4) is 22.5 Å². The molecule has 1 atom stereocenters. The molecule has 0 radical (unpaired) electrons. The predicted octanol–water partition coefficient (Wildman–Crippen LogP) is 5.24. The van der Waals surface area contributed by atoms with Crippen LogP contribution in [0.5, 0.6) is 0 Å². The van der Waals surface area contributed by atoms with Crippen LogP contribution in [0.3, 0.4) is 0 Å². The summed E-state index contributed by atoms with van der Waals surface area (Å²) in [7, 11) is -4.41. The summed E-state index contributed by atoms with van der Waals surface area (Å²) in [6, 6.07) is 17.0. The van der Waals surface area contributed by atoms with E-state index in [1.807, 2.05) is 36.4 Å². The molecule has 3 N–H and O–H groups in total. The standard InChI is InChI=1S/C21H21N2O4PS/c1-3-13(2)22-21-23-17-9-5-8-16(20(17)29-21)14-6-4-7-15(12-14)18-10-11-19(27-18)28(24,25)26/h4-13H,3H2,1-2H3,(H,22,23)(H2,24,25,26)/t13-/m1/s1. The third-order valence-corrected chi connectivity index (χ3v) is 6.58. The SMILES string of the molecule is CC[C@@H](C)Nc1nc2cccc(-c3cccc(-c4ccc(P(=O)(O)O)o4)c3)c2s1. The molecule has 2 heterocycles. The van der Waals surface area contributed by atoms with Crippen LogP contribution in [0.15, 0.2) is 59.0 Å². The fourth-order valence-electron chi connectivity index (χ4n) is 3.03. The Kier molecular flexibility index (Phi) is 5.32. The summed E-state index contributed by atoms with van der Waals surface area (Å²) in [4.78, 5) is 23.3. The van der Waals surface area contributed by atoms with E-state index < -0.39 is 7.60 Å². The van der Waals surface area contributed by atoms with Crippen LogP contribution in [0.25, 0.3) is 32.7 Å². The molecule has 6 nitrogen and oxygen atoms in total. The number of fused-ring (bicyclic) bond motifs is 1. The van der Waals surface area contributed by atoms with E-state index in [1.54, 1.807) is 17.4 Å². The number of nitrogens with zero attached hydrogens (tertiary/aromatic N) is 1. The molecule has 150 valence electrons. The number of aromatic nitrogens is 1. The molecule has 0 amide bonds. The van der Waals surface area contributed by atoms with Crippen molar-refractivity contribution in [3.05, 3.63) is 54.6 Å². The first-order valence-electron chi connectivity index (χ1n) is 9.28. The van der Waals surface area contributed by atoms with Crippen LogP contribution in [0, 0.1) is 0 Å². The highest BCUT2D eigenvalue weighted by atomic mass is 32.1. The van der Waals surface area contributed by atoms with Crippen molar-refractivity contribution in [3.63, 3.8) is 0 Å². The fourth-order valence-corrected chi connectivity index (χ4v) is 4.63. The monoisotopic (exact) mass is 428 g/mol. The largest absolute Gasteiger partial charge is 0.448 e. The second-order valence-corrected chi connectivity index (χ2v) is 9.42.